The van der Waals surface area contributed by atoms with Crippen molar-refractivity contribution < 1.29 is 0 Å². The molecule has 1 N–H and O–H groups in total. The topological polar surface area (TPSA) is 12.0 Å². The fraction of sp³-hybridized carbons (Fsp3) is 0.714. The van der Waals surface area contributed by atoms with Crippen LogP contribution in [0.15, 0.2) is 17.5 Å². The number of hydrogen-bond donors (Lipinski definition) is 1. The average Bonchev–Trinajstić information content (AvgIpc) is 2.96. The Labute approximate surface area is 103 Å². The van der Waals surface area contributed by atoms with E-state index in [1.165, 1.54) is 45.1 Å². The lowest BCUT2D eigenvalue weighted by Gasteiger charge is -2.29. The van der Waals surface area contributed by atoms with Crippen molar-refractivity contribution in [2.45, 2.75) is 45.4 Å². The lowest BCUT2D eigenvalue weighted by atomic mass is 9.81. The molecule has 2 heteroatoms. The first kappa shape index (κ1) is 12.1. The molecule has 1 aliphatic rings. The standard InChI is InChI=1S/C14H23NS/c1-2-15-12-14(8-3-4-9-14)10-7-13-6-5-11-16-13/h5-6,11,15H,2-4,7-10,12H2,1H3. The number of aryl methyl sites for hydroxylation is 1. The Hall–Kier alpha value is -0.340. The van der Waals surface area contributed by atoms with Crippen molar-refractivity contribution in [2.24, 2.45) is 5.41 Å². The van der Waals surface area contributed by atoms with Gasteiger partial charge in [-0.05, 0) is 49.1 Å². The SMILES string of the molecule is CCNCC1(CCc2cccs2)CCCC1. The van der Waals surface area contributed by atoms with Gasteiger partial charge in [-0.15, -0.1) is 11.3 Å². The molecule has 0 bridgehead atoms. The molecule has 0 radical (unpaired) electrons. The maximum Gasteiger partial charge on any atom is 0.00454 e. The van der Waals surface area contributed by atoms with E-state index in [-0.39, 0.29) is 0 Å². The molecular weight excluding hydrogens is 214 g/mol. The zero-order chi connectivity index (χ0) is 11.3. The van der Waals surface area contributed by atoms with Crippen LogP contribution in [0.25, 0.3) is 0 Å². The van der Waals surface area contributed by atoms with Crippen LogP contribution in [0.1, 0.15) is 43.9 Å². The highest BCUT2D eigenvalue weighted by Crippen LogP contribution is 2.41. The van der Waals surface area contributed by atoms with Crippen LogP contribution in [0, 0.1) is 5.41 Å². The predicted molar refractivity (Wildman–Crippen MR) is 72.1 cm³/mol. The minimum Gasteiger partial charge on any atom is -0.316 e. The van der Waals surface area contributed by atoms with Crippen molar-refractivity contribution in [3.8, 4) is 0 Å². The van der Waals surface area contributed by atoms with Crippen LogP contribution in [0.5, 0.6) is 0 Å². The van der Waals surface area contributed by atoms with Crippen LogP contribution in [0.4, 0.5) is 0 Å². The summed E-state index contributed by atoms with van der Waals surface area (Å²) in [5.74, 6) is 0. The second kappa shape index (κ2) is 5.83. The van der Waals surface area contributed by atoms with Crippen molar-refractivity contribution in [2.75, 3.05) is 13.1 Å². The number of nitrogens with one attached hydrogen (secondary N) is 1. The highest BCUT2D eigenvalue weighted by atomic mass is 32.1. The number of rotatable bonds is 6. The van der Waals surface area contributed by atoms with Gasteiger partial charge in [0.05, 0.1) is 0 Å². The molecule has 0 amide bonds. The van der Waals surface area contributed by atoms with E-state index in [0.717, 1.165) is 6.54 Å². The maximum atomic E-state index is 3.56. The van der Waals surface area contributed by atoms with Gasteiger partial charge in [-0.3, -0.25) is 0 Å². The molecule has 2 rings (SSSR count). The summed E-state index contributed by atoms with van der Waals surface area (Å²) in [7, 11) is 0. The van der Waals surface area contributed by atoms with Crippen LogP contribution in [-0.4, -0.2) is 13.1 Å². The molecule has 1 fully saturated rings. The molecule has 0 aromatic carbocycles. The Morgan fingerprint density at radius 3 is 2.81 bits per heavy atom. The Morgan fingerprint density at radius 1 is 1.38 bits per heavy atom. The van der Waals surface area contributed by atoms with E-state index < -0.39 is 0 Å². The normalized spacial score (nSPS) is 19.1. The van der Waals surface area contributed by atoms with E-state index in [9.17, 15) is 0 Å². The zero-order valence-corrected chi connectivity index (χ0v) is 11.1. The lowest BCUT2D eigenvalue weighted by molar-refractivity contribution is 0.260. The summed E-state index contributed by atoms with van der Waals surface area (Å²) < 4.78 is 0. The maximum absolute atomic E-state index is 3.56. The van der Waals surface area contributed by atoms with Gasteiger partial charge >= 0.3 is 0 Å². The van der Waals surface area contributed by atoms with Crippen molar-refractivity contribution in [1.29, 1.82) is 0 Å². The molecule has 0 atom stereocenters. The van der Waals surface area contributed by atoms with Gasteiger partial charge in [-0.1, -0.05) is 25.8 Å². The monoisotopic (exact) mass is 237 g/mol. The van der Waals surface area contributed by atoms with Gasteiger partial charge in [0.1, 0.15) is 0 Å². The molecule has 1 heterocycles. The summed E-state index contributed by atoms with van der Waals surface area (Å²) >= 11 is 1.91. The van der Waals surface area contributed by atoms with Gasteiger partial charge in [0, 0.05) is 11.4 Å². The van der Waals surface area contributed by atoms with Crippen molar-refractivity contribution in [1.82, 2.24) is 5.32 Å². The summed E-state index contributed by atoms with van der Waals surface area (Å²) in [4.78, 5) is 1.56. The summed E-state index contributed by atoms with van der Waals surface area (Å²) in [6.45, 7) is 4.55. The zero-order valence-electron chi connectivity index (χ0n) is 10.3. The van der Waals surface area contributed by atoms with Gasteiger partial charge in [-0.25, -0.2) is 0 Å². The van der Waals surface area contributed by atoms with Crippen LogP contribution >= 0.6 is 11.3 Å². The Bertz CT molecular complexity index is 286. The highest BCUT2D eigenvalue weighted by molar-refractivity contribution is 7.09. The largest absolute Gasteiger partial charge is 0.316 e. The van der Waals surface area contributed by atoms with Crippen LogP contribution in [0.3, 0.4) is 0 Å². The van der Waals surface area contributed by atoms with Gasteiger partial charge < -0.3 is 5.32 Å². The first-order chi connectivity index (χ1) is 7.85. The van der Waals surface area contributed by atoms with E-state index in [0.29, 0.717) is 5.41 Å². The van der Waals surface area contributed by atoms with E-state index in [1.807, 2.05) is 11.3 Å². The third-order valence-electron chi connectivity index (χ3n) is 3.90. The first-order valence-corrected chi connectivity index (χ1v) is 7.46. The molecule has 1 nitrogen and oxygen atoms in total. The van der Waals surface area contributed by atoms with Crippen LogP contribution < -0.4 is 5.32 Å². The molecule has 1 saturated carbocycles. The molecule has 0 aliphatic heterocycles. The Kier molecular flexibility index (Phi) is 4.42. The predicted octanol–water partition coefficient (Wildman–Crippen LogP) is 3.85. The third kappa shape index (κ3) is 3.08. The number of hydrogen-bond acceptors (Lipinski definition) is 2. The summed E-state index contributed by atoms with van der Waals surface area (Å²) in [6.07, 6.45) is 8.41. The van der Waals surface area contributed by atoms with Crippen molar-refractivity contribution in [3.63, 3.8) is 0 Å². The van der Waals surface area contributed by atoms with Crippen LogP contribution in [-0.2, 0) is 6.42 Å². The highest BCUT2D eigenvalue weighted by Gasteiger charge is 2.32. The average molecular weight is 237 g/mol. The Morgan fingerprint density at radius 2 is 2.19 bits per heavy atom. The summed E-state index contributed by atoms with van der Waals surface area (Å²) in [5.41, 5.74) is 0.611. The minimum absolute atomic E-state index is 0.611. The van der Waals surface area contributed by atoms with Gasteiger partial charge in [0.2, 0.25) is 0 Å². The van der Waals surface area contributed by atoms with E-state index in [2.05, 4.69) is 29.8 Å². The van der Waals surface area contributed by atoms with Crippen molar-refractivity contribution in [3.05, 3.63) is 22.4 Å². The smallest absolute Gasteiger partial charge is 0.00454 e. The lowest BCUT2D eigenvalue weighted by Crippen LogP contribution is -2.32. The summed E-state index contributed by atoms with van der Waals surface area (Å²) in [6, 6.07) is 4.45. The molecular formula is C14H23NS. The second-order valence-electron chi connectivity index (χ2n) is 5.07. The third-order valence-corrected chi connectivity index (χ3v) is 4.83. The first-order valence-electron chi connectivity index (χ1n) is 6.58. The molecule has 16 heavy (non-hydrogen) atoms. The van der Waals surface area contributed by atoms with E-state index in [1.54, 1.807) is 4.88 Å². The molecule has 0 unspecified atom stereocenters. The second-order valence-corrected chi connectivity index (χ2v) is 6.10. The van der Waals surface area contributed by atoms with E-state index >= 15 is 0 Å². The fourth-order valence-corrected chi connectivity index (χ4v) is 3.58. The van der Waals surface area contributed by atoms with Crippen molar-refractivity contribution >= 4 is 11.3 Å². The van der Waals surface area contributed by atoms with Crippen LogP contribution in [0.2, 0.25) is 0 Å². The molecule has 1 aromatic rings. The van der Waals surface area contributed by atoms with Gasteiger partial charge in [0.15, 0.2) is 0 Å². The number of thiophene rings is 1. The van der Waals surface area contributed by atoms with Gasteiger partial charge in [-0.2, -0.15) is 0 Å². The quantitative estimate of drug-likeness (QED) is 0.792. The molecule has 0 saturated heterocycles. The van der Waals surface area contributed by atoms with E-state index in [4.69, 9.17) is 0 Å². The molecule has 90 valence electrons. The Balaban J connectivity index is 1.87. The minimum atomic E-state index is 0.611. The van der Waals surface area contributed by atoms with Gasteiger partial charge in [0.25, 0.3) is 0 Å². The summed E-state index contributed by atoms with van der Waals surface area (Å²) in [5, 5.41) is 5.76. The molecule has 0 spiro atoms. The fourth-order valence-electron chi connectivity index (χ4n) is 2.87. The molecule has 1 aromatic heterocycles. The molecule has 1 aliphatic carbocycles.